The molecule has 6 nitrogen and oxygen atoms in total. The number of carbonyl (C=O) groups is 1. The fourth-order valence-electron chi connectivity index (χ4n) is 2.77. The van der Waals surface area contributed by atoms with Gasteiger partial charge < -0.3 is 9.15 Å². The number of amides is 1. The fourth-order valence-corrected chi connectivity index (χ4v) is 2.77. The van der Waals surface area contributed by atoms with Crippen molar-refractivity contribution < 1.29 is 13.9 Å². The van der Waals surface area contributed by atoms with Gasteiger partial charge in [0, 0.05) is 11.6 Å². The summed E-state index contributed by atoms with van der Waals surface area (Å²) in [7, 11) is 0. The Hall–Kier alpha value is -3.15. The maximum absolute atomic E-state index is 12.9. The number of rotatable bonds is 1. The van der Waals surface area contributed by atoms with Crippen LogP contribution in [0.1, 0.15) is 15.9 Å². The normalized spacial score (nSPS) is 13.5. The van der Waals surface area contributed by atoms with E-state index in [1.807, 2.05) is 19.1 Å². The van der Waals surface area contributed by atoms with E-state index < -0.39 is 11.5 Å². The molecule has 0 radical (unpaired) electrons. The van der Waals surface area contributed by atoms with Gasteiger partial charge in [-0.2, -0.15) is 0 Å². The van der Waals surface area contributed by atoms with Gasteiger partial charge in [0.25, 0.3) is 5.91 Å². The van der Waals surface area contributed by atoms with Crippen molar-refractivity contribution in [3.8, 4) is 5.88 Å². The molecule has 1 aromatic carbocycles. The molecule has 0 bridgehead atoms. The molecule has 6 heteroatoms. The molecular weight excluding hydrogens is 308 g/mol. The number of anilines is 1. The van der Waals surface area contributed by atoms with E-state index >= 15 is 0 Å². The van der Waals surface area contributed by atoms with E-state index in [-0.39, 0.29) is 5.56 Å². The quantitative estimate of drug-likeness (QED) is 0.644. The minimum Gasteiger partial charge on any atom is -0.474 e. The van der Waals surface area contributed by atoms with Gasteiger partial charge in [-0.15, -0.1) is 0 Å². The van der Waals surface area contributed by atoms with Gasteiger partial charge in [-0.1, -0.05) is 18.2 Å². The first kappa shape index (κ1) is 14.4. The predicted molar refractivity (Wildman–Crippen MR) is 88.6 cm³/mol. The number of pyridine rings is 1. The molecule has 3 heterocycles. The molecule has 3 aromatic rings. The Labute approximate surface area is 137 Å². The number of carbonyl (C=O) groups excluding carboxylic acids is 1. The summed E-state index contributed by atoms with van der Waals surface area (Å²) in [6.45, 7) is 2.56. The SMILES string of the molecule is Cc1cnc2c(c1)N(C(=O)c1cc3ccccc3oc1=O)CCO2. The maximum Gasteiger partial charge on any atom is 0.349 e. The van der Waals surface area contributed by atoms with Crippen LogP contribution in [0.2, 0.25) is 0 Å². The van der Waals surface area contributed by atoms with Crippen molar-refractivity contribution in [3.05, 3.63) is 64.1 Å². The molecule has 24 heavy (non-hydrogen) atoms. The number of para-hydroxylation sites is 1. The molecule has 0 saturated carbocycles. The first-order valence-electron chi connectivity index (χ1n) is 7.58. The number of benzene rings is 1. The van der Waals surface area contributed by atoms with E-state index in [1.54, 1.807) is 30.5 Å². The molecule has 0 saturated heterocycles. The van der Waals surface area contributed by atoms with Gasteiger partial charge in [0.1, 0.15) is 23.4 Å². The van der Waals surface area contributed by atoms with Gasteiger partial charge in [0.15, 0.2) is 0 Å². The Balaban J connectivity index is 1.82. The van der Waals surface area contributed by atoms with Crippen molar-refractivity contribution in [1.29, 1.82) is 0 Å². The molecule has 0 unspecified atom stereocenters. The molecule has 0 aliphatic carbocycles. The molecular formula is C18H14N2O4. The Morgan fingerprint density at radius 2 is 2.08 bits per heavy atom. The summed E-state index contributed by atoms with van der Waals surface area (Å²) in [5.74, 6) is -0.0168. The Morgan fingerprint density at radius 1 is 1.25 bits per heavy atom. The second-order valence-electron chi connectivity index (χ2n) is 5.63. The van der Waals surface area contributed by atoms with Crippen LogP contribution in [0, 0.1) is 6.92 Å². The minimum absolute atomic E-state index is 0.00283. The molecule has 0 spiro atoms. The van der Waals surface area contributed by atoms with Crippen molar-refractivity contribution in [2.24, 2.45) is 0 Å². The molecule has 1 aliphatic heterocycles. The van der Waals surface area contributed by atoms with E-state index in [0.29, 0.717) is 35.7 Å². The van der Waals surface area contributed by atoms with Gasteiger partial charge in [0.2, 0.25) is 5.88 Å². The van der Waals surface area contributed by atoms with Gasteiger partial charge in [-0.05, 0) is 30.7 Å². The second kappa shape index (κ2) is 5.49. The lowest BCUT2D eigenvalue weighted by molar-refractivity contribution is 0.0972. The van der Waals surface area contributed by atoms with E-state index in [4.69, 9.17) is 9.15 Å². The van der Waals surface area contributed by atoms with Gasteiger partial charge in [-0.25, -0.2) is 9.78 Å². The lowest BCUT2D eigenvalue weighted by atomic mass is 10.1. The lowest BCUT2D eigenvalue weighted by Crippen LogP contribution is -2.40. The highest BCUT2D eigenvalue weighted by Gasteiger charge is 2.28. The lowest BCUT2D eigenvalue weighted by Gasteiger charge is -2.28. The molecule has 0 atom stereocenters. The van der Waals surface area contributed by atoms with Crippen LogP contribution in [0.25, 0.3) is 11.0 Å². The molecule has 1 aliphatic rings. The topological polar surface area (TPSA) is 72.6 Å². The maximum atomic E-state index is 12.9. The average molecular weight is 322 g/mol. The zero-order chi connectivity index (χ0) is 16.7. The van der Waals surface area contributed by atoms with Crippen LogP contribution >= 0.6 is 0 Å². The van der Waals surface area contributed by atoms with Crippen molar-refractivity contribution in [2.75, 3.05) is 18.1 Å². The smallest absolute Gasteiger partial charge is 0.349 e. The zero-order valence-corrected chi connectivity index (χ0v) is 13.0. The number of ether oxygens (including phenoxy) is 1. The molecule has 120 valence electrons. The summed E-state index contributed by atoms with van der Waals surface area (Å²) in [5, 5.41) is 0.705. The molecule has 4 rings (SSSR count). The van der Waals surface area contributed by atoms with E-state index in [1.165, 1.54) is 4.90 Å². The van der Waals surface area contributed by atoms with Crippen LogP contribution in [0.3, 0.4) is 0 Å². The van der Waals surface area contributed by atoms with Crippen LogP contribution in [0.5, 0.6) is 5.88 Å². The van der Waals surface area contributed by atoms with Crippen LogP contribution < -0.4 is 15.3 Å². The van der Waals surface area contributed by atoms with Crippen molar-refractivity contribution in [1.82, 2.24) is 4.98 Å². The summed E-state index contributed by atoms with van der Waals surface area (Å²) in [6.07, 6.45) is 1.68. The number of hydrogen-bond donors (Lipinski definition) is 0. The molecule has 0 N–H and O–H groups in total. The third-order valence-electron chi connectivity index (χ3n) is 3.93. The van der Waals surface area contributed by atoms with Crippen molar-refractivity contribution in [3.63, 3.8) is 0 Å². The minimum atomic E-state index is -0.646. The number of aryl methyl sites for hydroxylation is 1. The molecule has 0 fully saturated rings. The van der Waals surface area contributed by atoms with E-state index in [9.17, 15) is 9.59 Å². The number of nitrogens with zero attached hydrogens (tertiary/aromatic N) is 2. The highest BCUT2D eigenvalue weighted by Crippen LogP contribution is 2.31. The first-order valence-corrected chi connectivity index (χ1v) is 7.58. The summed E-state index contributed by atoms with van der Waals surface area (Å²) in [6, 6.07) is 10.5. The Kier molecular flexibility index (Phi) is 3.30. The Bertz CT molecular complexity index is 1010. The first-order chi connectivity index (χ1) is 11.6. The van der Waals surface area contributed by atoms with Crippen LogP contribution in [0.15, 0.2) is 51.8 Å². The summed E-state index contributed by atoms with van der Waals surface area (Å²) in [5.41, 5.74) is 1.29. The fraction of sp³-hybridized carbons (Fsp3) is 0.167. The second-order valence-corrected chi connectivity index (χ2v) is 5.63. The Morgan fingerprint density at radius 3 is 2.96 bits per heavy atom. The standard InChI is InChI=1S/C18H14N2O4/c1-11-8-14-16(19-10-11)23-7-6-20(14)17(21)13-9-12-4-2-3-5-15(12)24-18(13)22/h2-5,8-10H,6-7H2,1H3. The number of fused-ring (bicyclic) bond motifs is 2. The highest BCUT2D eigenvalue weighted by atomic mass is 16.5. The van der Waals surface area contributed by atoms with Crippen molar-refractivity contribution >= 4 is 22.6 Å². The monoisotopic (exact) mass is 322 g/mol. The summed E-state index contributed by atoms with van der Waals surface area (Å²) < 4.78 is 10.8. The van der Waals surface area contributed by atoms with Gasteiger partial charge in [-0.3, -0.25) is 9.69 Å². The summed E-state index contributed by atoms with van der Waals surface area (Å²) >= 11 is 0. The van der Waals surface area contributed by atoms with Crippen molar-refractivity contribution in [2.45, 2.75) is 6.92 Å². The zero-order valence-electron chi connectivity index (χ0n) is 13.0. The number of hydrogen-bond acceptors (Lipinski definition) is 5. The third-order valence-corrected chi connectivity index (χ3v) is 3.93. The third kappa shape index (κ3) is 2.32. The summed E-state index contributed by atoms with van der Waals surface area (Å²) in [4.78, 5) is 30.9. The molecule has 2 aromatic heterocycles. The average Bonchev–Trinajstić information content (AvgIpc) is 2.60. The predicted octanol–water partition coefficient (Wildman–Crippen LogP) is 2.54. The molecule has 1 amide bonds. The largest absolute Gasteiger partial charge is 0.474 e. The van der Waals surface area contributed by atoms with Crippen LogP contribution in [-0.4, -0.2) is 24.0 Å². The number of aromatic nitrogens is 1. The van der Waals surface area contributed by atoms with Crippen LogP contribution in [-0.2, 0) is 0 Å². The van der Waals surface area contributed by atoms with Gasteiger partial charge >= 0.3 is 5.63 Å². The van der Waals surface area contributed by atoms with E-state index in [2.05, 4.69) is 4.98 Å². The van der Waals surface area contributed by atoms with Gasteiger partial charge in [0.05, 0.1) is 6.54 Å². The van der Waals surface area contributed by atoms with E-state index in [0.717, 1.165) is 5.56 Å². The highest BCUT2D eigenvalue weighted by molar-refractivity contribution is 6.07. The van der Waals surface area contributed by atoms with Crippen LogP contribution in [0.4, 0.5) is 5.69 Å².